The fourth-order valence-corrected chi connectivity index (χ4v) is 2.43. The largest absolute Gasteiger partial charge is 0.486 e. The van der Waals surface area contributed by atoms with E-state index in [9.17, 15) is 4.79 Å². The average Bonchev–Trinajstić information content (AvgIpc) is 2.53. The first-order valence-electron chi connectivity index (χ1n) is 7.57. The van der Waals surface area contributed by atoms with Crippen molar-refractivity contribution in [3.05, 3.63) is 23.8 Å². The molecule has 21 heavy (non-hydrogen) atoms. The molecule has 1 N–H and O–H groups in total. The fraction of sp³-hybridized carbons (Fsp3) is 0.562. The number of nitrogens with one attached hydrogen (secondary N) is 1. The predicted molar refractivity (Wildman–Crippen MR) is 81.7 cm³/mol. The molecule has 1 heterocycles. The molecule has 1 aliphatic rings. The van der Waals surface area contributed by atoms with Crippen LogP contribution in [-0.2, 0) is 11.3 Å². The summed E-state index contributed by atoms with van der Waals surface area (Å²) in [6.45, 7) is 9.09. The summed E-state index contributed by atoms with van der Waals surface area (Å²) < 4.78 is 11.2. The summed E-state index contributed by atoms with van der Waals surface area (Å²) in [6, 6.07) is 5.63. The van der Waals surface area contributed by atoms with Crippen LogP contribution in [0.1, 0.15) is 26.3 Å². The number of fused-ring (bicyclic) bond motifs is 1. The molecule has 1 amide bonds. The number of likely N-dealkylation sites (N-methyl/N-ethyl adjacent to an activating group) is 1. The minimum Gasteiger partial charge on any atom is -0.486 e. The van der Waals surface area contributed by atoms with Crippen LogP contribution in [0.2, 0.25) is 0 Å². The molecule has 0 aliphatic carbocycles. The molecule has 0 saturated heterocycles. The molecule has 0 spiro atoms. The van der Waals surface area contributed by atoms with Gasteiger partial charge in [-0.15, -0.1) is 0 Å². The summed E-state index contributed by atoms with van der Waals surface area (Å²) in [4.78, 5) is 14.1. The number of benzene rings is 1. The van der Waals surface area contributed by atoms with Crippen LogP contribution in [0.3, 0.4) is 0 Å². The van der Waals surface area contributed by atoms with Crippen LogP contribution in [-0.4, -0.2) is 43.2 Å². The maximum atomic E-state index is 12.2. The van der Waals surface area contributed by atoms with Crippen LogP contribution >= 0.6 is 0 Å². The number of rotatable bonds is 6. The molecule has 0 bridgehead atoms. The minimum absolute atomic E-state index is 0.127. The zero-order valence-electron chi connectivity index (χ0n) is 13.0. The number of hydrogen-bond donors (Lipinski definition) is 1. The van der Waals surface area contributed by atoms with Gasteiger partial charge in [0.2, 0.25) is 5.91 Å². The van der Waals surface area contributed by atoms with Gasteiger partial charge in [-0.3, -0.25) is 4.79 Å². The second-order valence-electron chi connectivity index (χ2n) is 5.05. The summed E-state index contributed by atoms with van der Waals surface area (Å²) in [6.07, 6.45) is 0. The van der Waals surface area contributed by atoms with Crippen LogP contribution in [0, 0.1) is 0 Å². The molecular formula is C16H24N2O3. The van der Waals surface area contributed by atoms with Gasteiger partial charge in [-0.05, 0) is 26.8 Å². The molecule has 5 nitrogen and oxygen atoms in total. The summed E-state index contributed by atoms with van der Waals surface area (Å²) in [5.41, 5.74) is 1.02. The summed E-state index contributed by atoms with van der Waals surface area (Å²) in [5.74, 6) is 1.70. The van der Waals surface area contributed by atoms with Crippen LogP contribution in [0.4, 0.5) is 0 Å². The SMILES string of the molecule is CCN(CC)C(=O)C(C)NCc1cccc2c1OCCO2. The van der Waals surface area contributed by atoms with E-state index in [4.69, 9.17) is 9.47 Å². The third kappa shape index (κ3) is 3.67. The van der Waals surface area contributed by atoms with E-state index in [-0.39, 0.29) is 11.9 Å². The molecule has 1 atom stereocenters. The van der Waals surface area contributed by atoms with Crippen molar-refractivity contribution in [2.45, 2.75) is 33.4 Å². The van der Waals surface area contributed by atoms with Crippen molar-refractivity contribution in [2.24, 2.45) is 0 Å². The van der Waals surface area contributed by atoms with Crippen LogP contribution < -0.4 is 14.8 Å². The van der Waals surface area contributed by atoms with Crippen molar-refractivity contribution >= 4 is 5.91 Å². The van der Waals surface area contributed by atoms with Gasteiger partial charge >= 0.3 is 0 Å². The first kappa shape index (κ1) is 15.6. The first-order valence-corrected chi connectivity index (χ1v) is 7.57. The van der Waals surface area contributed by atoms with Gasteiger partial charge in [0.05, 0.1) is 6.04 Å². The third-order valence-corrected chi connectivity index (χ3v) is 3.69. The van der Waals surface area contributed by atoms with Gasteiger partial charge in [0.15, 0.2) is 11.5 Å². The molecule has 0 saturated carbocycles. The Hall–Kier alpha value is -1.75. The highest BCUT2D eigenvalue weighted by molar-refractivity contribution is 5.81. The minimum atomic E-state index is -0.217. The Kier molecular flexibility index (Phi) is 5.44. The molecule has 1 aromatic carbocycles. The first-order chi connectivity index (χ1) is 10.2. The summed E-state index contributed by atoms with van der Waals surface area (Å²) >= 11 is 0. The molecule has 0 fully saturated rings. The molecule has 1 aromatic rings. The van der Waals surface area contributed by atoms with Crippen molar-refractivity contribution in [3.8, 4) is 11.5 Å². The van der Waals surface area contributed by atoms with Gasteiger partial charge < -0.3 is 19.7 Å². The fourth-order valence-electron chi connectivity index (χ4n) is 2.43. The standard InChI is InChI=1S/C16H24N2O3/c1-4-18(5-2)16(19)12(3)17-11-13-7-6-8-14-15(13)21-10-9-20-14/h6-8,12,17H,4-5,9-11H2,1-3H3. The van der Waals surface area contributed by atoms with Crippen LogP contribution in [0.25, 0.3) is 0 Å². The van der Waals surface area contributed by atoms with Crippen LogP contribution in [0.15, 0.2) is 18.2 Å². The van der Waals surface area contributed by atoms with Gasteiger partial charge in [0.25, 0.3) is 0 Å². The second kappa shape index (κ2) is 7.31. The van der Waals surface area contributed by atoms with E-state index in [0.717, 1.165) is 30.2 Å². The van der Waals surface area contributed by atoms with E-state index < -0.39 is 0 Å². The van der Waals surface area contributed by atoms with E-state index in [2.05, 4.69) is 5.32 Å². The monoisotopic (exact) mass is 292 g/mol. The second-order valence-corrected chi connectivity index (χ2v) is 5.05. The predicted octanol–water partition coefficient (Wildman–Crippen LogP) is 1.80. The Morgan fingerprint density at radius 2 is 2.00 bits per heavy atom. The lowest BCUT2D eigenvalue weighted by molar-refractivity contribution is -0.132. The quantitative estimate of drug-likeness (QED) is 0.869. The van der Waals surface area contributed by atoms with Crippen molar-refractivity contribution in [1.29, 1.82) is 0 Å². The van der Waals surface area contributed by atoms with Crippen molar-refractivity contribution in [2.75, 3.05) is 26.3 Å². The Bertz CT molecular complexity index is 486. The zero-order chi connectivity index (χ0) is 15.2. The highest BCUT2D eigenvalue weighted by atomic mass is 16.6. The number of nitrogens with zero attached hydrogens (tertiary/aromatic N) is 1. The van der Waals surface area contributed by atoms with Gasteiger partial charge in [-0.25, -0.2) is 0 Å². The van der Waals surface area contributed by atoms with E-state index in [1.54, 1.807) is 0 Å². The molecule has 0 radical (unpaired) electrons. The highest BCUT2D eigenvalue weighted by Crippen LogP contribution is 2.33. The van der Waals surface area contributed by atoms with Crippen molar-refractivity contribution < 1.29 is 14.3 Å². The Morgan fingerprint density at radius 3 is 2.71 bits per heavy atom. The smallest absolute Gasteiger partial charge is 0.239 e. The molecule has 1 aliphatic heterocycles. The normalized spacial score (nSPS) is 14.6. The number of amides is 1. The van der Waals surface area contributed by atoms with Crippen LogP contribution in [0.5, 0.6) is 11.5 Å². The van der Waals surface area contributed by atoms with E-state index in [1.807, 2.05) is 43.9 Å². The van der Waals surface area contributed by atoms with E-state index in [1.165, 1.54) is 0 Å². The highest BCUT2D eigenvalue weighted by Gasteiger charge is 2.20. The number of hydrogen-bond acceptors (Lipinski definition) is 4. The number of carbonyl (C=O) groups excluding carboxylic acids is 1. The number of para-hydroxylation sites is 1. The Labute approximate surface area is 126 Å². The topological polar surface area (TPSA) is 50.8 Å². The van der Waals surface area contributed by atoms with Gasteiger partial charge in [-0.2, -0.15) is 0 Å². The molecule has 116 valence electrons. The molecular weight excluding hydrogens is 268 g/mol. The van der Waals surface area contributed by atoms with Gasteiger partial charge in [0, 0.05) is 25.2 Å². The maximum Gasteiger partial charge on any atom is 0.239 e. The zero-order valence-corrected chi connectivity index (χ0v) is 13.0. The Morgan fingerprint density at radius 1 is 1.29 bits per heavy atom. The number of carbonyl (C=O) groups is 1. The number of ether oxygens (including phenoxy) is 2. The molecule has 5 heteroatoms. The lowest BCUT2D eigenvalue weighted by Gasteiger charge is -2.25. The summed E-state index contributed by atoms with van der Waals surface area (Å²) in [7, 11) is 0. The van der Waals surface area contributed by atoms with Crippen molar-refractivity contribution in [3.63, 3.8) is 0 Å². The maximum absolute atomic E-state index is 12.2. The van der Waals surface area contributed by atoms with Gasteiger partial charge in [0.1, 0.15) is 13.2 Å². The Balaban J connectivity index is 1.98. The molecule has 2 rings (SSSR count). The third-order valence-electron chi connectivity index (χ3n) is 3.69. The van der Waals surface area contributed by atoms with Gasteiger partial charge in [-0.1, -0.05) is 12.1 Å². The van der Waals surface area contributed by atoms with E-state index >= 15 is 0 Å². The van der Waals surface area contributed by atoms with Crippen molar-refractivity contribution in [1.82, 2.24) is 10.2 Å². The lowest BCUT2D eigenvalue weighted by Crippen LogP contribution is -2.44. The molecule has 1 unspecified atom stereocenters. The lowest BCUT2D eigenvalue weighted by atomic mass is 10.1. The van der Waals surface area contributed by atoms with E-state index in [0.29, 0.717) is 19.8 Å². The summed E-state index contributed by atoms with van der Waals surface area (Å²) in [5, 5.41) is 3.27. The average molecular weight is 292 g/mol. The molecule has 0 aromatic heterocycles.